The van der Waals surface area contributed by atoms with E-state index in [1.54, 1.807) is 25.1 Å². The van der Waals surface area contributed by atoms with Gasteiger partial charge >= 0.3 is 0 Å². The van der Waals surface area contributed by atoms with Crippen LogP contribution in [0.1, 0.15) is 24.5 Å². The van der Waals surface area contributed by atoms with E-state index in [2.05, 4.69) is 10.2 Å². The van der Waals surface area contributed by atoms with E-state index in [0.717, 1.165) is 5.56 Å². The average molecular weight is 438 g/mol. The van der Waals surface area contributed by atoms with Crippen LogP contribution in [0.25, 0.3) is 0 Å². The molecule has 0 N–H and O–H groups in total. The Kier molecular flexibility index (Phi) is 6.56. The zero-order chi connectivity index (χ0) is 21.0. The monoisotopic (exact) mass is 437 g/mol. The maximum absolute atomic E-state index is 13.0. The predicted molar refractivity (Wildman–Crippen MR) is 107 cm³/mol. The first-order valence-corrected chi connectivity index (χ1v) is 11.1. The smallest absolute Gasteiger partial charge is 0.277 e. The van der Waals surface area contributed by atoms with E-state index >= 15 is 0 Å². The second-order valence-electron chi connectivity index (χ2n) is 6.34. The van der Waals surface area contributed by atoms with Crippen LogP contribution >= 0.6 is 11.8 Å². The van der Waals surface area contributed by atoms with Crippen molar-refractivity contribution in [2.45, 2.75) is 28.9 Å². The largest absolute Gasteiger partial charge is 0.481 e. The molecule has 10 heteroatoms. The highest BCUT2D eigenvalue weighted by Crippen LogP contribution is 2.27. The summed E-state index contributed by atoms with van der Waals surface area (Å²) < 4.78 is 49.9. The molecule has 0 radical (unpaired) electrons. The van der Waals surface area contributed by atoms with Crippen molar-refractivity contribution in [3.63, 3.8) is 0 Å². The zero-order valence-electron chi connectivity index (χ0n) is 16.1. The zero-order valence-corrected chi connectivity index (χ0v) is 17.7. The number of nitrogens with zero attached hydrogens (tertiary/aromatic N) is 3. The van der Waals surface area contributed by atoms with Gasteiger partial charge in [0.25, 0.3) is 11.1 Å². The van der Waals surface area contributed by atoms with Crippen LogP contribution in [0.3, 0.4) is 0 Å². The number of ether oxygens (including phenoxy) is 1. The molecule has 154 valence electrons. The fourth-order valence-electron chi connectivity index (χ4n) is 2.36. The minimum Gasteiger partial charge on any atom is -0.481 e. The fourth-order valence-corrected chi connectivity index (χ4v) is 4.05. The molecule has 0 aliphatic rings. The lowest BCUT2D eigenvalue weighted by atomic mass is 10.2. The molecule has 0 saturated carbocycles. The van der Waals surface area contributed by atoms with Crippen LogP contribution in [-0.4, -0.2) is 37.0 Å². The Morgan fingerprint density at radius 2 is 1.90 bits per heavy atom. The molecule has 2 aromatic carbocycles. The molecule has 0 unspecified atom stereocenters. The van der Waals surface area contributed by atoms with E-state index in [-0.39, 0.29) is 10.7 Å². The third-order valence-corrected chi connectivity index (χ3v) is 6.64. The molecule has 3 aromatic rings. The number of hydrogen-bond donors (Lipinski definition) is 0. The molecule has 1 heterocycles. The van der Waals surface area contributed by atoms with Crippen LogP contribution in [0.4, 0.5) is 4.39 Å². The summed E-state index contributed by atoms with van der Waals surface area (Å²) in [5.41, 5.74) is 0.813. The third-order valence-electron chi connectivity index (χ3n) is 3.94. The molecule has 0 amide bonds. The molecule has 0 saturated heterocycles. The van der Waals surface area contributed by atoms with Crippen LogP contribution in [0.15, 0.2) is 63.1 Å². The van der Waals surface area contributed by atoms with Gasteiger partial charge in [0, 0.05) is 19.8 Å². The van der Waals surface area contributed by atoms with E-state index in [0.29, 0.717) is 22.6 Å². The van der Waals surface area contributed by atoms with Crippen LogP contribution in [0.5, 0.6) is 5.75 Å². The van der Waals surface area contributed by atoms with Crippen LogP contribution < -0.4 is 4.74 Å². The quantitative estimate of drug-likeness (QED) is 0.494. The molecule has 29 heavy (non-hydrogen) atoms. The number of halogens is 1. The molecule has 3 rings (SSSR count). The predicted octanol–water partition coefficient (Wildman–Crippen LogP) is 3.89. The summed E-state index contributed by atoms with van der Waals surface area (Å²) in [5, 5.41) is 8.31. The van der Waals surface area contributed by atoms with Gasteiger partial charge in [-0.25, -0.2) is 17.1 Å². The standard InChI is InChI=1S/C19H20FN3O4S2/c1-13(26-16-9-7-15(20)8-10-16)18-21-22-19(27-18)28-12-14-5-4-6-17(11-14)29(24,25)23(2)3/h4-11,13H,12H2,1-3H3/t13-/m1/s1. The van der Waals surface area contributed by atoms with E-state index in [1.807, 2.05) is 6.07 Å². The molecule has 0 spiro atoms. The van der Waals surface area contributed by atoms with Crippen molar-refractivity contribution in [3.05, 3.63) is 65.8 Å². The molecular formula is C19H20FN3O4S2. The summed E-state index contributed by atoms with van der Waals surface area (Å²) in [6.07, 6.45) is -0.504. The Balaban J connectivity index is 1.63. The van der Waals surface area contributed by atoms with Crippen molar-refractivity contribution in [1.82, 2.24) is 14.5 Å². The Bertz CT molecular complexity index is 1070. The lowest BCUT2D eigenvalue weighted by Crippen LogP contribution is -2.22. The Morgan fingerprint density at radius 1 is 1.17 bits per heavy atom. The average Bonchev–Trinajstić information content (AvgIpc) is 3.17. The third kappa shape index (κ3) is 5.34. The first kappa shape index (κ1) is 21.3. The molecule has 1 atom stereocenters. The number of sulfonamides is 1. The number of thioether (sulfide) groups is 1. The van der Waals surface area contributed by atoms with E-state index in [9.17, 15) is 12.8 Å². The van der Waals surface area contributed by atoms with Gasteiger partial charge in [-0.05, 0) is 48.9 Å². The van der Waals surface area contributed by atoms with Crippen molar-refractivity contribution in [1.29, 1.82) is 0 Å². The van der Waals surface area contributed by atoms with E-state index in [1.165, 1.54) is 54.4 Å². The first-order chi connectivity index (χ1) is 13.8. The van der Waals surface area contributed by atoms with Crippen molar-refractivity contribution < 1.29 is 22.0 Å². The molecule has 0 aliphatic carbocycles. The highest BCUT2D eigenvalue weighted by Gasteiger charge is 2.18. The fraction of sp³-hybridized carbons (Fsp3) is 0.263. The van der Waals surface area contributed by atoms with Crippen molar-refractivity contribution in [3.8, 4) is 5.75 Å². The Morgan fingerprint density at radius 3 is 2.59 bits per heavy atom. The summed E-state index contributed by atoms with van der Waals surface area (Å²) in [6.45, 7) is 1.75. The summed E-state index contributed by atoms with van der Waals surface area (Å²) >= 11 is 1.29. The van der Waals surface area contributed by atoms with Gasteiger partial charge < -0.3 is 9.15 Å². The van der Waals surface area contributed by atoms with Gasteiger partial charge in [-0.3, -0.25) is 0 Å². The van der Waals surface area contributed by atoms with Crippen LogP contribution in [-0.2, 0) is 15.8 Å². The second kappa shape index (κ2) is 8.93. The highest BCUT2D eigenvalue weighted by atomic mass is 32.2. The highest BCUT2D eigenvalue weighted by molar-refractivity contribution is 7.98. The lowest BCUT2D eigenvalue weighted by molar-refractivity contribution is 0.181. The second-order valence-corrected chi connectivity index (χ2v) is 9.42. The number of aromatic nitrogens is 2. The minimum atomic E-state index is -3.49. The molecular weight excluding hydrogens is 417 g/mol. The number of hydrogen-bond acceptors (Lipinski definition) is 7. The number of rotatable bonds is 8. The first-order valence-electron chi connectivity index (χ1n) is 8.65. The van der Waals surface area contributed by atoms with Crippen molar-refractivity contribution >= 4 is 21.8 Å². The van der Waals surface area contributed by atoms with Crippen LogP contribution in [0.2, 0.25) is 0 Å². The van der Waals surface area contributed by atoms with E-state index in [4.69, 9.17) is 9.15 Å². The molecule has 0 aliphatic heterocycles. The van der Waals surface area contributed by atoms with E-state index < -0.39 is 16.1 Å². The van der Waals surface area contributed by atoms with Gasteiger partial charge in [-0.1, -0.05) is 23.9 Å². The summed E-state index contributed by atoms with van der Waals surface area (Å²) in [6, 6.07) is 12.4. The SMILES string of the molecule is C[C@@H](Oc1ccc(F)cc1)c1nnc(SCc2cccc(S(=O)(=O)N(C)C)c2)o1. The topological polar surface area (TPSA) is 85.5 Å². The normalized spacial score (nSPS) is 12.9. The Labute approximate surface area is 172 Å². The van der Waals surface area contributed by atoms with Gasteiger partial charge in [0.1, 0.15) is 11.6 Å². The molecule has 7 nitrogen and oxygen atoms in total. The van der Waals surface area contributed by atoms with Gasteiger partial charge in [0.2, 0.25) is 10.0 Å². The molecule has 1 aromatic heterocycles. The van der Waals surface area contributed by atoms with Gasteiger partial charge in [-0.2, -0.15) is 0 Å². The summed E-state index contributed by atoms with van der Waals surface area (Å²) in [7, 11) is -0.505. The van der Waals surface area contributed by atoms with Crippen molar-refractivity contribution in [2.24, 2.45) is 0 Å². The van der Waals surface area contributed by atoms with Crippen molar-refractivity contribution in [2.75, 3.05) is 14.1 Å². The maximum atomic E-state index is 13.0. The lowest BCUT2D eigenvalue weighted by Gasteiger charge is -2.12. The van der Waals surface area contributed by atoms with Crippen LogP contribution in [0, 0.1) is 5.82 Å². The Hall–Kier alpha value is -2.43. The van der Waals surface area contributed by atoms with Gasteiger partial charge in [-0.15, -0.1) is 10.2 Å². The molecule has 0 bridgehead atoms. The van der Waals surface area contributed by atoms with Gasteiger partial charge in [0.05, 0.1) is 4.90 Å². The molecule has 0 fully saturated rings. The number of benzene rings is 2. The summed E-state index contributed by atoms with van der Waals surface area (Å²) in [4.78, 5) is 0.230. The van der Waals surface area contributed by atoms with Gasteiger partial charge in [0.15, 0.2) is 6.10 Å². The maximum Gasteiger partial charge on any atom is 0.277 e. The summed E-state index contributed by atoms with van der Waals surface area (Å²) in [5.74, 6) is 0.904. The minimum absolute atomic E-state index is 0.230.